The lowest BCUT2D eigenvalue weighted by atomic mass is 10.0. The van der Waals surface area contributed by atoms with E-state index in [1.807, 2.05) is 39.8 Å². The van der Waals surface area contributed by atoms with Crippen LogP contribution >= 0.6 is 0 Å². The van der Waals surface area contributed by atoms with Gasteiger partial charge in [-0.15, -0.1) is 0 Å². The van der Waals surface area contributed by atoms with E-state index in [9.17, 15) is 4.79 Å². The average molecular weight is 319 g/mol. The summed E-state index contributed by atoms with van der Waals surface area (Å²) >= 11 is 0. The summed E-state index contributed by atoms with van der Waals surface area (Å²) in [7, 11) is 0. The fraction of sp³-hybridized carbons (Fsp3) is 0.632. The van der Waals surface area contributed by atoms with Crippen molar-refractivity contribution < 1.29 is 14.3 Å². The molecule has 1 aliphatic rings. The maximum Gasteiger partial charge on any atom is 0.338 e. The van der Waals surface area contributed by atoms with Crippen molar-refractivity contribution in [1.29, 1.82) is 0 Å². The molecule has 1 saturated heterocycles. The van der Waals surface area contributed by atoms with Gasteiger partial charge >= 0.3 is 5.97 Å². The number of hydrogen-bond acceptors (Lipinski definition) is 4. The Balaban J connectivity index is 2.01. The summed E-state index contributed by atoms with van der Waals surface area (Å²) in [6.07, 6.45) is 2.61. The zero-order valence-electron chi connectivity index (χ0n) is 15.0. The molecule has 128 valence electrons. The SMILES string of the molecule is Cc1cc(OC(C)C)cc(C)c1C(=O)OC[C@@H](C)N1CCCC1. The van der Waals surface area contributed by atoms with E-state index in [1.54, 1.807) is 0 Å². The summed E-state index contributed by atoms with van der Waals surface area (Å²) in [4.78, 5) is 14.8. The Morgan fingerprint density at radius 1 is 1.13 bits per heavy atom. The molecule has 1 aliphatic heterocycles. The number of benzene rings is 1. The molecule has 1 heterocycles. The summed E-state index contributed by atoms with van der Waals surface area (Å²) in [6.45, 7) is 12.6. The topological polar surface area (TPSA) is 38.8 Å². The van der Waals surface area contributed by atoms with Gasteiger partial charge in [0.15, 0.2) is 0 Å². The van der Waals surface area contributed by atoms with Gasteiger partial charge in [0.05, 0.1) is 11.7 Å². The normalized spacial score (nSPS) is 16.6. The van der Waals surface area contributed by atoms with Gasteiger partial charge in [0, 0.05) is 6.04 Å². The molecule has 1 fully saturated rings. The molecule has 1 atom stereocenters. The van der Waals surface area contributed by atoms with Crippen LogP contribution in [0, 0.1) is 13.8 Å². The second-order valence-corrected chi connectivity index (χ2v) is 6.79. The lowest BCUT2D eigenvalue weighted by Crippen LogP contribution is -2.34. The van der Waals surface area contributed by atoms with Crippen molar-refractivity contribution in [2.45, 2.75) is 59.6 Å². The molecule has 4 nitrogen and oxygen atoms in total. The number of aryl methyl sites for hydroxylation is 2. The quantitative estimate of drug-likeness (QED) is 0.749. The van der Waals surface area contributed by atoms with Crippen molar-refractivity contribution >= 4 is 5.97 Å². The number of rotatable bonds is 6. The molecule has 1 aromatic rings. The van der Waals surface area contributed by atoms with Crippen LogP contribution in [-0.2, 0) is 4.74 Å². The second-order valence-electron chi connectivity index (χ2n) is 6.79. The number of likely N-dealkylation sites (tertiary alicyclic amines) is 1. The van der Waals surface area contributed by atoms with E-state index >= 15 is 0 Å². The monoisotopic (exact) mass is 319 g/mol. The van der Waals surface area contributed by atoms with Crippen LogP contribution < -0.4 is 4.74 Å². The number of esters is 1. The van der Waals surface area contributed by atoms with Gasteiger partial charge in [-0.1, -0.05) is 0 Å². The second kappa shape index (κ2) is 7.82. The van der Waals surface area contributed by atoms with Crippen LogP contribution in [0.3, 0.4) is 0 Å². The third-order valence-electron chi connectivity index (χ3n) is 4.30. The molecule has 0 unspecified atom stereocenters. The van der Waals surface area contributed by atoms with Crippen molar-refractivity contribution in [3.63, 3.8) is 0 Å². The molecule has 0 N–H and O–H groups in total. The maximum atomic E-state index is 12.5. The minimum Gasteiger partial charge on any atom is -0.491 e. The van der Waals surface area contributed by atoms with Gasteiger partial charge in [-0.25, -0.2) is 4.79 Å². The first kappa shape index (κ1) is 17.8. The van der Waals surface area contributed by atoms with Gasteiger partial charge in [0.25, 0.3) is 0 Å². The Kier molecular flexibility index (Phi) is 6.05. The van der Waals surface area contributed by atoms with Gasteiger partial charge in [-0.05, 0) is 83.8 Å². The highest BCUT2D eigenvalue weighted by atomic mass is 16.5. The Morgan fingerprint density at radius 2 is 1.70 bits per heavy atom. The van der Waals surface area contributed by atoms with Crippen LogP contribution in [0.2, 0.25) is 0 Å². The van der Waals surface area contributed by atoms with E-state index in [0.29, 0.717) is 12.2 Å². The summed E-state index contributed by atoms with van der Waals surface area (Å²) < 4.78 is 11.3. The van der Waals surface area contributed by atoms with Gasteiger partial charge in [0.1, 0.15) is 12.4 Å². The third-order valence-corrected chi connectivity index (χ3v) is 4.30. The fourth-order valence-electron chi connectivity index (χ4n) is 3.14. The zero-order chi connectivity index (χ0) is 17.0. The molecule has 0 aromatic heterocycles. The van der Waals surface area contributed by atoms with E-state index < -0.39 is 0 Å². The number of hydrogen-bond donors (Lipinski definition) is 0. The van der Waals surface area contributed by atoms with Crippen molar-refractivity contribution in [2.24, 2.45) is 0 Å². The van der Waals surface area contributed by atoms with Crippen LogP contribution in [-0.4, -0.2) is 42.7 Å². The van der Waals surface area contributed by atoms with Crippen LogP contribution in [0.4, 0.5) is 0 Å². The third kappa shape index (κ3) is 4.71. The Hall–Kier alpha value is -1.55. The highest BCUT2D eigenvalue weighted by Crippen LogP contribution is 2.24. The first-order chi connectivity index (χ1) is 10.9. The molecule has 0 amide bonds. The Morgan fingerprint density at radius 3 is 2.22 bits per heavy atom. The van der Waals surface area contributed by atoms with Crippen LogP contribution in [0.25, 0.3) is 0 Å². The number of ether oxygens (including phenoxy) is 2. The predicted molar refractivity (Wildman–Crippen MR) is 92.2 cm³/mol. The van der Waals surface area contributed by atoms with Crippen LogP contribution in [0.15, 0.2) is 12.1 Å². The molecular formula is C19H29NO3. The van der Waals surface area contributed by atoms with Crippen LogP contribution in [0.1, 0.15) is 55.1 Å². The predicted octanol–water partition coefficient (Wildman–Crippen LogP) is 3.73. The first-order valence-electron chi connectivity index (χ1n) is 8.57. The van der Waals surface area contributed by atoms with E-state index in [2.05, 4.69) is 11.8 Å². The first-order valence-corrected chi connectivity index (χ1v) is 8.57. The van der Waals surface area contributed by atoms with Crippen molar-refractivity contribution in [3.8, 4) is 5.75 Å². The summed E-state index contributed by atoms with van der Waals surface area (Å²) in [5.41, 5.74) is 2.47. The lowest BCUT2D eigenvalue weighted by molar-refractivity contribution is 0.0393. The van der Waals surface area contributed by atoms with E-state index in [1.165, 1.54) is 12.8 Å². The smallest absolute Gasteiger partial charge is 0.338 e. The van der Waals surface area contributed by atoms with Crippen molar-refractivity contribution in [3.05, 3.63) is 28.8 Å². The van der Waals surface area contributed by atoms with Crippen molar-refractivity contribution in [2.75, 3.05) is 19.7 Å². The molecule has 0 bridgehead atoms. The van der Waals surface area contributed by atoms with E-state index in [4.69, 9.17) is 9.47 Å². The number of nitrogens with zero attached hydrogens (tertiary/aromatic N) is 1. The minimum absolute atomic E-state index is 0.118. The highest BCUT2D eigenvalue weighted by molar-refractivity contribution is 5.93. The van der Waals surface area contributed by atoms with E-state index in [0.717, 1.165) is 30.0 Å². The molecule has 4 heteroatoms. The van der Waals surface area contributed by atoms with Gasteiger partial charge in [0.2, 0.25) is 0 Å². The maximum absolute atomic E-state index is 12.5. The minimum atomic E-state index is -0.234. The largest absolute Gasteiger partial charge is 0.491 e. The molecular weight excluding hydrogens is 290 g/mol. The summed E-state index contributed by atoms with van der Waals surface area (Å²) in [6, 6.07) is 4.10. The van der Waals surface area contributed by atoms with Gasteiger partial charge in [-0.3, -0.25) is 4.90 Å². The summed E-state index contributed by atoms with van der Waals surface area (Å²) in [5, 5.41) is 0. The fourth-order valence-corrected chi connectivity index (χ4v) is 3.14. The molecule has 2 rings (SSSR count). The average Bonchev–Trinajstić information content (AvgIpc) is 2.97. The van der Waals surface area contributed by atoms with E-state index in [-0.39, 0.29) is 18.1 Å². The molecule has 0 aliphatic carbocycles. The lowest BCUT2D eigenvalue weighted by Gasteiger charge is -2.23. The van der Waals surface area contributed by atoms with Crippen molar-refractivity contribution in [1.82, 2.24) is 4.90 Å². The standard InChI is InChI=1S/C19H29NO3/c1-13(2)23-17-10-14(3)18(15(4)11-17)19(21)22-12-16(5)20-8-6-7-9-20/h10-11,13,16H,6-9,12H2,1-5H3/t16-/m1/s1. The molecule has 1 aromatic carbocycles. The highest BCUT2D eigenvalue weighted by Gasteiger charge is 2.21. The molecule has 0 saturated carbocycles. The Bertz CT molecular complexity index is 525. The molecule has 23 heavy (non-hydrogen) atoms. The molecule has 0 radical (unpaired) electrons. The molecule has 0 spiro atoms. The summed E-state index contributed by atoms with van der Waals surface area (Å²) in [5.74, 6) is 0.569. The number of carbonyl (C=O) groups is 1. The zero-order valence-corrected chi connectivity index (χ0v) is 15.0. The van der Waals surface area contributed by atoms with Crippen LogP contribution in [0.5, 0.6) is 5.75 Å². The van der Waals surface area contributed by atoms with Gasteiger partial charge < -0.3 is 9.47 Å². The Labute approximate surface area is 139 Å². The number of carbonyl (C=O) groups excluding carboxylic acids is 1. The van der Waals surface area contributed by atoms with Gasteiger partial charge in [-0.2, -0.15) is 0 Å².